The van der Waals surface area contributed by atoms with Gasteiger partial charge < -0.3 is 5.73 Å². The molecule has 56 valence electrons. The molecule has 2 N–H and O–H groups in total. The largest absolute Gasteiger partial charge is 0.323 e. The van der Waals surface area contributed by atoms with Gasteiger partial charge in [0.05, 0.1) is 4.88 Å². The summed E-state index contributed by atoms with van der Waals surface area (Å²) in [6.07, 6.45) is 0.789. The Morgan fingerprint density at radius 1 is 1.80 bits per heavy atom. The predicted molar refractivity (Wildman–Crippen MR) is 41.5 cm³/mol. The molecule has 1 rings (SSSR count). The second-order valence-electron chi connectivity index (χ2n) is 2.15. The number of hydrogen-bond donors (Lipinski definition) is 1. The molecule has 1 unspecified atom stereocenters. The van der Waals surface area contributed by atoms with Crippen molar-refractivity contribution in [3.05, 3.63) is 22.1 Å². The molecule has 0 saturated carbocycles. The summed E-state index contributed by atoms with van der Waals surface area (Å²) in [5.41, 5.74) is 5.61. The highest BCUT2D eigenvalue weighted by Gasteiger charge is 2.09. The summed E-state index contributed by atoms with van der Waals surface area (Å²) in [7, 11) is 0. The number of hydrogen-bond acceptors (Lipinski definition) is 2. The fourth-order valence-corrected chi connectivity index (χ4v) is 1.61. The van der Waals surface area contributed by atoms with E-state index in [1.807, 2.05) is 6.92 Å². The molecule has 0 amide bonds. The molecule has 1 aromatic heterocycles. The number of thiophene rings is 1. The quantitative estimate of drug-likeness (QED) is 0.704. The van der Waals surface area contributed by atoms with Crippen molar-refractivity contribution in [3.8, 4) is 0 Å². The summed E-state index contributed by atoms with van der Waals surface area (Å²) >= 11 is 1.38. The van der Waals surface area contributed by atoms with Crippen molar-refractivity contribution in [1.29, 1.82) is 0 Å². The van der Waals surface area contributed by atoms with E-state index in [4.69, 9.17) is 5.73 Å². The fourth-order valence-electron chi connectivity index (χ4n) is 0.755. The zero-order valence-electron chi connectivity index (χ0n) is 5.80. The lowest BCUT2D eigenvalue weighted by Crippen LogP contribution is -2.07. The van der Waals surface area contributed by atoms with Gasteiger partial charge >= 0.3 is 0 Å². The zero-order chi connectivity index (χ0) is 7.56. The molecule has 0 radical (unpaired) electrons. The minimum Gasteiger partial charge on any atom is -0.323 e. The van der Waals surface area contributed by atoms with Crippen LogP contribution in [0.5, 0.6) is 0 Å². The van der Waals surface area contributed by atoms with Crippen LogP contribution in [0.3, 0.4) is 0 Å². The van der Waals surface area contributed by atoms with E-state index in [0.29, 0.717) is 4.88 Å². The molecule has 1 atom stereocenters. The summed E-state index contributed by atoms with van der Waals surface area (Å²) in [4.78, 5) is 0.669. The van der Waals surface area contributed by atoms with Crippen LogP contribution in [0, 0.1) is 5.82 Å². The van der Waals surface area contributed by atoms with Crippen molar-refractivity contribution >= 4 is 11.3 Å². The lowest BCUT2D eigenvalue weighted by atomic mass is 10.2. The van der Waals surface area contributed by atoms with E-state index < -0.39 is 0 Å². The Balaban J connectivity index is 2.82. The summed E-state index contributed by atoms with van der Waals surface area (Å²) < 4.78 is 12.7. The highest BCUT2D eigenvalue weighted by Crippen LogP contribution is 2.22. The Hall–Kier alpha value is -0.410. The van der Waals surface area contributed by atoms with E-state index in [1.54, 1.807) is 5.38 Å². The molecule has 1 heterocycles. The minimum atomic E-state index is -0.167. The molecule has 3 heteroatoms. The Kier molecular flexibility index (Phi) is 2.40. The predicted octanol–water partition coefficient (Wildman–Crippen LogP) is 2.30. The van der Waals surface area contributed by atoms with Gasteiger partial charge in [0.1, 0.15) is 5.82 Å². The average Bonchev–Trinajstić information content (AvgIpc) is 2.34. The maximum Gasteiger partial charge on any atom is 0.138 e. The molecule has 0 aliphatic heterocycles. The topological polar surface area (TPSA) is 26.0 Å². The number of rotatable bonds is 2. The van der Waals surface area contributed by atoms with Gasteiger partial charge in [0.15, 0.2) is 0 Å². The molecule has 1 nitrogen and oxygen atoms in total. The molecule has 0 saturated heterocycles. The van der Waals surface area contributed by atoms with Gasteiger partial charge in [0, 0.05) is 6.04 Å². The molecule has 1 aromatic rings. The third-order valence-corrected chi connectivity index (χ3v) is 2.45. The lowest BCUT2D eigenvalue weighted by Gasteiger charge is -2.04. The van der Waals surface area contributed by atoms with Crippen molar-refractivity contribution in [1.82, 2.24) is 0 Å². The van der Waals surface area contributed by atoms with E-state index in [1.165, 1.54) is 17.4 Å². The first kappa shape index (κ1) is 7.69. The molecule has 0 aliphatic rings. The Bertz CT molecular complexity index is 209. The standard InChI is InChI=1S/C7H10FNS/c1-2-6(9)7-5(8)3-4-10-7/h3-4,6H,2,9H2,1H3. The second kappa shape index (κ2) is 3.12. The molecular formula is C7H10FNS. The van der Waals surface area contributed by atoms with Gasteiger partial charge in [-0.1, -0.05) is 6.92 Å². The van der Waals surface area contributed by atoms with Crippen LogP contribution in [-0.4, -0.2) is 0 Å². The number of nitrogens with two attached hydrogens (primary N) is 1. The van der Waals surface area contributed by atoms with E-state index in [9.17, 15) is 4.39 Å². The number of halogens is 1. The van der Waals surface area contributed by atoms with Crippen LogP contribution in [0.25, 0.3) is 0 Å². The Morgan fingerprint density at radius 3 is 2.90 bits per heavy atom. The van der Waals surface area contributed by atoms with Crippen molar-refractivity contribution in [3.63, 3.8) is 0 Å². The first-order chi connectivity index (χ1) is 4.75. The monoisotopic (exact) mass is 159 g/mol. The van der Waals surface area contributed by atoms with E-state index >= 15 is 0 Å². The van der Waals surface area contributed by atoms with Gasteiger partial charge in [-0.25, -0.2) is 4.39 Å². The molecule has 0 aliphatic carbocycles. The van der Waals surface area contributed by atoms with E-state index in [2.05, 4.69) is 0 Å². The molecule has 0 spiro atoms. The molecular weight excluding hydrogens is 149 g/mol. The van der Waals surface area contributed by atoms with Crippen LogP contribution in [0.4, 0.5) is 4.39 Å². The van der Waals surface area contributed by atoms with Gasteiger partial charge in [-0.15, -0.1) is 11.3 Å². The molecule has 0 bridgehead atoms. The first-order valence-electron chi connectivity index (χ1n) is 3.24. The maximum absolute atomic E-state index is 12.7. The Labute approximate surface area is 63.7 Å². The van der Waals surface area contributed by atoms with Gasteiger partial charge in [0.25, 0.3) is 0 Å². The zero-order valence-corrected chi connectivity index (χ0v) is 6.62. The van der Waals surface area contributed by atoms with Gasteiger partial charge in [-0.2, -0.15) is 0 Å². The van der Waals surface area contributed by atoms with E-state index in [0.717, 1.165) is 6.42 Å². The van der Waals surface area contributed by atoms with Crippen LogP contribution in [0.2, 0.25) is 0 Å². The van der Waals surface area contributed by atoms with Crippen LogP contribution >= 0.6 is 11.3 Å². The molecule has 0 aromatic carbocycles. The van der Waals surface area contributed by atoms with Crippen molar-refractivity contribution in [2.24, 2.45) is 5.73 Å². The van der Waals surface area contributed by atoms with Gasteiger partial charge in [0.2, 0.25) is 0 Å². The molecule has 10 heavy (non-hydrogen) atoms. The normalized spacial score (nSPS) is 13.5. The average molecular weight is 159 g/mol. The van der Waals surface area contributed by atoms with Crippen LogP contribution in [-0.2, 0) is 0 Å². The highest BCUT2D eigenvalue weighted by molar-refractivity contribution is 7.10. The van der Waals surface area contributed by atoms with Crippen molar-refractivity contribution in [2.45, 2.75) is 19.4 Å². The second-order valence-corrected chi connectivity index (χ2v) is 3.10. The van der Waals surface area contributed by atoms with E-state index in [-0.39, 0.29) is 11.9 Å². The highest BCUT2D eigenvalue weighted by atomic mass is 32.1. The van der Waals surface area contributed by atoms with Crippen LogP contribution in [0.1, 0.15) is 24.3 Å². The molecule has 0 fully saturated rings. The van der Waals surface area contributed by atoms with Crippen molar-refractivity contribution in [2.75, 3.05) is 0 Å². The van der Waals surface area contributed by atoms with Gasteiger partial charge in [-0.3, -0.25) is 0 Å². The lowest BCUT2D eigenvalue weighted by molar-refractivity contribution is 0.588. The first-order valence-corrected chi connectivity index (χ1v) is 4.12. The van der Waals surface area contributed by atoms with Crippen LogP contribution < -0.4 is 5.73 Å². The summed E-state index contributed by atoms with van der Waals surface area (Å²) in [5, 5.41) is 1.72. The summed E-state index contributed by atoms with van der Waals surface area (Å²) in [6.45, 7) is 1.95. The van der Waals surface area contributed by atoms with Crippen molar-refractivity contribution < 1.29 is 4.39 Å². The van der Waals surface area contributed by atoms with Crippen LogP contribution in [0.15, 0.2) is 11.4 Å². The smallest absolute Gasteiger partial charge is 0.138 e. The summed E-state index contributed by atoms with van der Waals surface area (Å²) in [6, 6.07) is 1.33. The minimum absolute atomic E-state index is 0.125. The third kappa shape index (κ3) is 1.36. The summed E-state index contributed by atoms with van der Waals surface area (Å²) in [5.74, 6) is -0.167. The Morgan fingerprint density at radius 2 is 2.50 bits per heavy atom. The van der Waals surface area contributed by atoms with Gasteiger partial charge in [-0.05, 0) is 17.9 Å². The SMILES string of the molecule is CCC(N)c1sccc1F. The third-order valence-electron chi connectivity index (χ3n) is 1.42. The maximum atomic E-state index is 12.7. The fraction of sp³-hybridized carbons (Fsp3) is 0.429.